The van der Waals surface area contributed by atoms with Gasteiger partial charge in [-0.3, -0.25) is 9.69 Å². The largest absolute Gasteiger partial charge is 0.299 e. The summed E-state index contributed by atoms with van der Waals surface area (Å²) >= 11 is 0. The molecule has 2 bridgehead atoms. The molecule has 3 aliphatic rings. The topological polar surface area (TPSA) is 20.3 Å². The van der Waals surface area contributed by atoms with Crippen molar-refractivity contribution in [3.8, 4) is 0 Å². The standard InChI is InChI=1S/C24H27NO/c26-23-12-6-11-21-22-17-19-9-4-5-10-20(19)24(21,23)14-16-25(22)15-13-18-7-2-1-3-8-18/h1-5,7-10,21-22H,6,11-17H2/t21-,22+,24+/m0/s1. The van der Waals surface area contributed by atoms with Gasteiger partial charge in [0.05, 0.1) is 5.41 Å². The molecule has 0 amide bonds. The molecule has 134 valence electrons. The first-order valence-corrected chi connectivity index (χ1v) is 10.2. The van der Waals surface area contributed by atoms with Crippen LogP contribution in [0, 0.1) is 5.92 Å². The van der Waals surface area contributed by atoms with Gasteiger partial charge in [-0.1, -0.05) is 54.6 Å². The van der Waals surface area contributed by atoms with E-state index in [1.54, 1.807) is 0 Å². The molecule has 2 aromatic rings. The van der Waals surface area contributed by atoms with Crippen molar-refractivity contribution in [3.63, 3.8) is 0 Å². The average Bonchev–Trinajstić information content (AvgIpc) is 2.68. The third-order valence-electron chi connectivity index (χ3n) is 7.23. The molecule has 2 nitrogen and oxygen atoms in total. The Kier molecular flexibility index (Phi) is 3.97. The summed E-state index contributed by atoms with van der Waals surface area (Å²) in [5.41, 5.74) is 4.03. The van der Waals surface area contributed by atoms with Crippen molar-refractivity contribution >= 4 is 5.78 Å². The molecule has 1 aliphatic heterocycles. The highest BCUT2D eigenvalue weighted by Gasteiger charge is 2.57. The molecule has 2 aliphatic carbocycles. The van der Waals surface area contributed by atoms with Crippen molar-refractivity contribution in [3.05, 3.63) is 71.3 Å². The number of carbonyl (C=O) groups is 1. The van der Waals surface area contributed by atoms with Gasteiger partial charge >= 0.3 is 0 Å². The Hall–Kier alpha value is -1.93. The summed E-state index contributed by atoms with van der Waals surface area (Å²) < 4.78 is 0. The second-order valence-corrected chi connectivity index (χ2v) is 8.34. The maximum Gasteiger partial charge on any atom is 0.143 e. The molecule has 26 heavy (non-hydrogen) atoms. The van der Waals surface area contributed by atoms with Gasteiger partial charge in [0.15, 0.2) is 0 Å². The molecule has 0 N–H and O–H groups in total. The Morgan fingerprint density at radius 1 is 1.04 bits per heavy atom. The Labute approximate surface area is 156 Å². The molecule has 2 heteroatoms. The minimum atomic E-state index is -0.180. The third kappa shape index (κ3) is 2.39. The summed E-state index contributed by atoms with van der Waals surface area (Å²) in [7, 11) is 0. The number of hydrogen-bond acceptors (Lipinski definition) is 2. The number of Topliss-reactive ketones (excluding diaryl/α,β-unsaturated/α-hetero) is 1. The van der Waals surface area contributed by atoms with Gasteiger partial charge in [0.1, 0.15) is 5.78 Å². The van der Waals surface area contributed by atoms with Crippen LogP contribution in [0.15, 0.2) is 54.6 Å². The lowest BCUT2D eigenvalue weighted by atomic mass is 9.52. The second-order valence-electron chi connectivity index (χ2n) is 8.34. The van der Waals surface area contributed by atoms with E-state index in [-0.39, 0.29) is 5.41 Å². The maximum absolute atomic E-state index is 13.2. The summed E-state index contributed by atoms with van der Waals surface area (Å²) in [4.78, 5) is 15.9. The zero-order valence-electron chi connectivity index (χ0n) is 15.4. The van der Waals surface area contributed by atoms with Crippen LogP contribution in [0.2, 0.25) is 0 Å². The van der Waals surface area contributed by atoms with Crippen LogP contribution in [0.25, 0.3) is 0 Å². The lowest BCUT2D eigenvalue weighted by molar-refractivity contribution is -0.136. The Morgan fingerprint density at radius 3 is 2.73 bits per heavy atom. The van der Waals surface area contributed by atoms with E-state index in [4.69, 9.17) is 0 Å². The number of benzene rings is 2. The first kappa shape index (κ1) is 16.3. The summed E-state index contributed by atoms with van der Waals surface area (Å²) in [6.45, 7) is 2.17. The average molecular weight is 345 g/mol. The van der Waals surface area contributed by atoms with Crippen molar-refractivity contribution < 1.29 is 4.79 Å². The summed E-state index contributed by atoms with van der Waals surface area (Å²) in [5.74, 6) is 1.04. The van der Waals surface area contributed by atoms with Crippen molar-refractivity contribution in [2.24, 2.45) is 5.92 Å². The van der Waals surface area contributed by atoms with Crippen molar-refractivity contribution in [2.45, 2.75) is 50.0 Å². The van der Waals surface area contributed by atoms with Crippen LogP contribution in [-0.2, 0) is 23.1 Å². The normalized spacial score (nSPS) is 30.5. The van der Waals surface area contributed by atoms with E-state index in [1.807, 2.05) is 0 Å². The van der Waals surface area contributed by atoms with E-state index in [9.17, 15) is 4.79 Å². The quantitative estimate of drug-likeness (QED) is 0.832. The molecule has 0 radical (unpaired) electrons. The number of likely N-dealkylation sites (tertiary alicyclic amines) is 1. The van der Waals surface area contributed by atoms with Gasteiger partial charge in [-0.15, -0.1) is 0 Å². The number of rotatable bonds is 3. The van der Waals surface area contributed by atoms with E-state index in [1.165, 1.54) is 23.1 Å². The van der Waals surface area contributed by atoms with Crippen molar-refractivity contribution in [2.75, 3.05) is 13.1 Å². The predicted molar refractivity (Wildman–Crippen MR) is 104 cm³/mol. The number of hydrogen-bond donors (Lipinski definition) is 0. The summed E-state index contributed by atoms with van der Waals surface area (Å²) in [5, 5.41) is 0. The van der Waals surface area contributed by atoms with Gasteiger partial charge in [-0.05, 0) is 61.3 Å². The SMILES string of the molecule is O=C1CCC[C@H]2[C@H]3Cc4ccccc4[C@@]12CCN3CCc1ccccc1. The molecule has 2 fully saturated rings. The fraction of sp³-hybridized carbons (Fsp3) is 0.458. The molecule has 2 aromatic carbocycles. The van der Waals surface area contributed by atoms with Crippen molar-refractivity contribution in [1.29, 1.82) is 0 Å². The zero-order chi connectivity index (χ0) is 17.6. The molecule has 1 saturated carbocycles. The predicted octanol–water partition coefficient (Wildman–Crippen LogP) is 4.17. The lowest BCUT2D eigenvalue weighted by Gasteiger charge is -2.58. The van der Waals surface area contributed by atoms with Crippen molar-refractivity contribution in [1.82, 2.24) is 4.90 Å². The first-order valence-electron chi connectivity index (χ1n) is 10.2. The van der Waals surface area contributed by atoms with Gasteiger partial charge in [0, 0.05) is 19.0 Å². The fourth-order valence-electron chi connectivity index (χ4n) is 6.05. The van der Waals surface area contributed by atoms with Crippen LogP contribution in [-0.4, -0.2) is 29.8 Å². The Morgan fingerprint density at radius 2 is 1.85 bits per heavy atom. The van der Waals surface area contributed by atoms with E-state index in [0.717, 1.165) is 45.2 Å². The summed E-state index contributed by atoms with van der Waals surface area (Å²) in [6, 6.07) is 20.1. The molecule has 5 rings (SSSR count). The van der Waals surface area contributed by atoms with Gasteiger partial charge in [-0.2, -0.15) is 0 Å². The smallest absolute Gasteiger partial charge is 0.143 e. The van der Waals surface area contributed by atoms with Crippen LogP contribution < -0.4 is 0 Å². The Bertz CT molecular complexity index is 814. The fourth-order valence-corrected chi connectivity index (χ4v) is 6.05. The molecular formula is C24H27NO. The number of fused-ring (bicyclic) bond motifs is 1. The van der Waals surface area contributed by atoms with E-state index < -0.39 is 0 Å². The van der Waals surface area contributed by atoms with Gasteiger partial charge in [0.25, 0.3) is 0 Å². The van der Waals surface area contributed by atoms with E-state index in [0.29, 0.717) is 17.7 Å². The number of nitrogens with zero attached hydrogens (tertiary/aromatic N) is 1. The second kappa shape index (κ2) is 6.35. The summed E-state index contributed by atoms with van der Waals surface area (Å²) in [6.07, 6.45) is 6.31. The minimum Gasteiger partial charge on any atom is -0.299 e. The van der Waals surface area contributed by atoms with E-state index >= 15 is 0 Å². The molecule has 0 spiro atoms. The van der Waals surface area contributed by atoms with Gasteiger partial charge < -0.3 is 0 Å². The maximum atomic E-state index is 13.2. The van der Waals surface area contributed by atoms with Crippen LogP contribution >= 0.6 is 0 Å². The monoisotopic (exact) mass is 345 g/mol. The van der Waals surface area contributed by atoms with Gasteiger partial charge in [-0.25, -0.2) is 0 Å². The highest BCUT2D eigenvalue weighted by molar-refractivity contribution is 5.92. The molecular weight excluding hydrogens is 318 g/mol. The molecule has 0 aromatic heterocycles. The number of carbonyl (C=O) groups excluding carboxylic acids is 1. The van der Waals surface area contributed by atoms with Gasteiger partial charge in [0.2, 0.25) is 0 Å². The highest BCUT2D eigenvalue weighted by Crippen LogP contribution is 2.54. The minimum absolute atomic E-state index is 0.180. The Balaban J connectivity index is 1.47. The molecule has 3 atom stereocenters. The molecule has 1 saturated heterocycles. The molecule has 1 heterocycles. The first-order chi connectivity index (χ1) is 12.8. The van der Waals surface area contributed by atoms with Crippen LogP contribution in [0.3, 0.4) is 0 Å². The lowest BCUT2D eigenvalue weighted by Crippen LogP contribution is -2.64. The number of ketones is 1. The number of piperidine rings is 1. The molecule has 0 unspecified atom stereocenters. The van der Waals surface area contributed by atoms with Crippen LogP contribution in [0.1, 0.15) is 42.4 Å². The van der Waals surface area contributed by atoms with Crippen LogP contribution in [0.4, 0.5) is 0 Å². The third-order valence-corrected chi connectivity index (χ3v) is 7.23. The highest BCUT2D eigenvalue weighted by atomic mass is 16.1. The zero-order valence-corrected chi connectivity index (χ0v) is 15.4. The van der Waals surface area contributed by atoms with E-state index in [2.05, 4.69) is 59.5 Å². The van der Waals surface area contributed by atoms with Crippen LogP contribution in [0.5, 0.6) is 0 Å².